The van der Waals surface area contributed by atoms with Crippen LogP contribution in [0.15, 0.2) is 11.6 Å². The molecule has 0 N–H and O–H groups in total. The van der Waals surface area contributed by atoms with Gasteiger partial charge in [-0.25, -0.2) is 0 Å². The summed E-state index contributed by atoms with van der Waals surface area (Å²) in [5.41, 5.74) is 18.9. The smallest absolute Gasteiger partial charge is 0.0978 e. The molecule has 5 unspecified atom stereocenters. The van der Waals surface area contributed by atoms with Gasteiger partial charge >= 0.3 is 0 Å². The molecule has 0 aromatic rings. The average molecular weight is 1820 g/mol. The molecule has 6 atom stereocenters. The highest BCUT2D eigenvalue weighted by Crippen LogP contribution is 2.52. The topological polar surface area (TPSA) is 0 Å². The van der Waals surface area contributed by atoms with Crippen LogP contribution in [0.5, 0.6) is 0 Å². The Morgan fingerprint density at radius 2 is 0.234 bits per heavy atom. The van der Waals surface area contributed by atoms with E-state index in [-0.39, 0.29) is 0 Å². The van der Waals surface area contributed by atoms with Crippen LogP contribution in [0.1, 0.15) is 270 Å². The third-order valence-corrected chi connectivity index (χ3v) is 32.7. The summed E-state index contributed by atoms with van der Waals surface area (Å²) in [5, 5.41) is 0. The predicted octanol–water partition coefficient (Wildman–Crippen LogP) is -16.5. The molecule has 726 valence electrons. The van der Waals surface area contributed by atoms with Crippen molar-refractivity contribution in [2.75, 3.05) is 0 Å². The van der Waals surface area contributed by atoms with E-state index >= 15 is 0 Å². The van der Waals surface area contributed by atoms with Crippen LogP contribution in [-0.2, 0) is 0 Å². The van der Waals surface area contributed by atoms with E-state index in [0.717, 1.165) is 198 Å². The third-order valence-electron chi connectivity index (χ3n) is 32.7. The fourth-order valence-corrected chi connectivity index (χ4v) is 31.2. The molecule has 0 fully saturated rings. The quantitative estimate of drug-likeness (QED) is 0.0421. The van der Waals surface area contributed by atoms with E-state index in [1.165, 1.54) is 270 Å². The lowest BCUT2D eigenvalue weighted by atomic mass is 9.51. The van der Waals surface area contributed by atoms with Crippen molar-refractivity contribution in [2.24, 2.45) is 124 Å². The second-order valence-corrected chi connectivity index (χ2v) is 61.7. The number of allylic oxidation sites excluding steroid dienone is 2. The largest absolute Gasteiger partial charge is 0.1000 e. The Morgan fingerprint density at radius 1 is 0.117 bits per heavy atom. The Hall–Kier alpha value is 2.86. The highest BCUT2D eigenvalue weighted by atomic mass is 14.4. The maximum absolute atomic E-state index is 2.85. The Labute approximate surface area is 911 Å². The number of hydrogen-bond acceptors (Lipinski definition) is 0. The first-order chi connectivity index (χ1) is 63.5. The first kappa shape index (κ1) is 140. The number of hydrogen-bond donors (Lipinski definition) is 0. The van der Waals surface area contributed by atoms with Crippen molar-refractivity contribution in [2.45, 2.75) is 407 Å². The average Bonchev–Trinajstić information content (AvgIpc) is 0.829. The van der Waals surface area contributed by atoms with E-state index in [1.54, 1.807) is 0 Å². The summed E-state index contributed by atoms with van der Waals surface area (Å²) >= 11 is 0. The second-order valence-electron chi connectivity index (χ2n) is 61.7. The van der Waals surface area contributed by atoms with Gasteiger partial charge in [-0.15, -0.1) is 0 Å². The van der Waals surface area contributed by atoms with Crippen LogP contribution in [0.4, 0.5) is 0 Å². The molecule has 0 aromatic heterocycles. The number of rotatable bonds is 87. The van der Waals surface area contributed by atoms with Gasteiger partial charge in [0.25, 0.3) is 0 Å². The van der Waals surface area contributed by atoms with Crippen molar-refractivity contribution in [1.29, 1.82) is 0 Å². The van der Waals surface area contributed by atoms with Crippen LogP contribution >= 0.6 is 0 Å². The molecule has 137 heavy (non-hydrogen) atoms. The summed E-state index contributed by atoms with van der Waals surface area (Å²) in [6, 6.07) is 0. The maximum atomic E-state index is 2.85. The molecule has 0 rings (SSSR count). The monoisotopic (exact) mass is 1820 g/mol. The van der Waals surface area contributed by atoms with E-state index in [1.807, 2.05) is 5.57 Å². The van der Waals surface area contributed by atoms with Gasteiger partial charge in [0.15, 0.2) is 0 Å². The van der Waals surface area contributed by atoms with Crippen molar-refractivity contribution in [1.82, 2.24) is 0 Å². The molecule has 0 nitrogen and oxygen atoms in total. The van der Waals surface area contributed by atoms with E-state index in [2.05, 4.69) is 383 Å². The summed E-state index contributed by atoms with van der Waals surface area (Å²) in [6.45, 7) is 0. The third kappa shape index (κ3) is 77.8. The summed E-state index contributed by atoms with van der Waals surface area (Å²) < 4.78 is 0. The minimum absolute atomic E-state index is 0.566. The lowest BCUT2D eigenvalue weighted by Crippen LogP contribution is -2.30. The molecule has 0 heterocycles. The zero-order valence-electron chi connectivity index (χ0n) is 105. The fourth-order valence-electron chi connectivity index (χ4n) is 31.2. The molecular weight excluding hydrogens is 1590 g/mol. The SMILES string of the molecule is BC(B)/C=C(\CC(B)B)CC(CC(CC(B)B)CC(B)B)CC(CC(CC(CC(B)B)CC(B)B)CC(CC(B)B)CC(B)B)CC(CC(CC(CC(CC(B)B)CC(B)B)CC(CC(B)B)CC(B)B)CC(CC(CC(B)B)CC(B)B)CC(CC(B)B)CC(B)B)CC(CC(CC(CC(B)B)CC(B)B)CC(CC(B)B)CC(B)B)CC(CC(CC(B)B)CC(B)B)[C@@H](CC(B)B)C(B)B. The van der Waals surface area contributed by atoms with Crippen LogP contribution < -0.4 is 0 Å². The van der Waals surface area contributed by atoms with Gasteiger partial charge in [-0.3, -0.25) is 0 Å². The fraction of sp³-hybridized carbons (Fsp3) is 0.978. The predicted molar refractivity (Wildman–Crippen MR) is 775 cm³/mol. The van der Waals surface area contributed by atoms with Crippen LogP contribution in [0.3, 0.4) is 0 Å². The lowest BCUT2D eigenvalue weighted by molar-refractivity contribution is 0.121. The van der Waals surface area contributed by atoms with Crippen LogP contribution in [-0.4, -0.2) is 377 Å². The van der Waals surface area contributed by atoms with Crippen molar-refractivity contribution >= 4 is 377 Å². The van der Waals surface area contributed by atoms with E-state index in [0.29, 0.717) is 63.9 Å². The molecule has 0 aliphatic carbocycles. The second kappa shape index (κ2) is 78.1. The molecule has 0 bridgehead atoms. The molecule has 0 aliphatic heterocycles. The van der Waals surface area contributed by atoms with Crippen LogP contribution in [0.25, 0.3) is 0 Å². The maximum Gasteiger partial charge on any atom is 0.1000 e. The molecule has 0 aliphatic rings. The summed E-state index contributed by atoms with van der Waals surface area (Å²) in [5.74, 6) is 15.8. The molecular formula is C89H226B48. The highest BCUT2D eigenvalue weighted by molar-refractivity contribution is 6.43. The first-order valence-electron chi connectivity index (χ1n) is 63.2. The lowest BCUT2D eigenvalue weighted by Gasteiger charge is -2.41. The van der Waals surface area contributed by atoms with Gasteiger partial charge in [0, 0.05) is 0 Å². The van der Waals surface area contributed by atoms with Gasteiger partial charge in [0.05, 0.1) is 377 Å². The standard InChI is InChI=1S/C89H226B48/c90-66(91)21-53(22-67(92)93)9-47(10-54(23-68(94)95)24-69(96)97)3-44(4-48(11-55(25-70(98)99)26-71(100)101)12-56(27-72(102)103)28-73(104)105)1-46(7-52(19-64(65(89(136)137)43-88(134)135)20-63(41-86(130)131)42-87(132)133)8-51(17-61(37-82(122)123)38-83(124)125)18-62(39-84(126)127)40-85(128)129)2-45(5-49(13-57(29-74(106)107)30-75(108)109)14-58(31-76(110)111)32-77(112)113)6-50(15-59(33-78(114)115)34-79(116)117)16-60(35-80(118)119)36-81(120)121/h21,44-52,54-89H,1-20,22-43,90-137H2/b53-21-/t44?,46?,47?,52?,64?,65-/m1/s1. The van der Waals surface area contributed by atoms with Crippen molar-refractivity contribution in [3.05, 3.63) is 11.6 Å². The molecule has 48 heteroatoms. The molecule has 0 aromatic carbocycles. The molecule has 0 saturated heterocycles. The summed E-state index contributed by atoms with van der Waals surface area (Å²) in [4.78, 5) is 0. The molecule has 0 saturated carbocycles. The van der Waals surface area contributed by atoms with E-state index in [9.17, 15) is 0 Å². The van der Waals surface area contributed by atoms with Gasteiger partial charge in [-0.05, 0) is 253 Å². The van der Waals surface area contributed by atoms with Gasteiger partial charge in [-0.2, -0.15) is 0 Å². The Kier molecular flexibility index (Phi) is 79.7. The van der Waals surface area contributed by atoms with Gasteiger partial charge in [0.1, 0.15) is 0 Å². The Balaban J connectivity index is 12.3. The minimum Gasteiger partial charge on any atom is -0.0978 e. The molecule has 0 radical (unpaired) electrons. The van der Waals surface area contributed by atoms with Gasteiger partial charge in [0.2, 0.25) is 0 Å². The van der Waals surface area contributed by atoms with Crippen molar-refractivity contribution in [3.63, 3.8) is 0 Å². The Morgan fingerprint density at radius 3 is 0.350 bits per heavy atom. The summed E-state index contributed by atoms with van der Waals surface area (Å²) in [7, 11) is 125. The Bertz CT molecular complexity index is 2600. The normalized spacial score (nSPS) is 14.8. The highest BCUT2D eigenvalue weighted by Gasteiger charge is 2.40. The van der Waals surface area contributed by atoms with Crippen LogP contribution in [0.2, 0.25) is 137 Å². The summed E-state index contributed by atoms with van der Waals surface area (Å²) in [6.07, 6.45) is 62.5. The van der Waals surface area contributed by atoms with Crippen molar-refractivity contribution in [3.8, 4) is 0 Å². The van der Waals surface area contributed by atoms with Crippen LogP contribution in [0, 0.1) is 124 Å². The molecule has 0 amide bonds. The van der Waals surface area contributed by atoms with E-state index in [4.69, 9.17) is 0 Å². The first-order valence-corrected chi connectivity index (χ1v) is 63.2. The zero-order chi connectivity index (χ0) is 105. The van der Waals surface area contributed by atoms with Gasteiger partial charge < -0.3 is 0 Å². The molecule has 0 spiro atoms. The van der Waals surface area contributed by atoms with Gasteiger partial charge in [-0.1, -0.05) is 290 Å². The van der Waals surface area contributed by atoms with E-state index < -0.39 is 0 Å². The van der Waals surface area contributed by atoms with Crippen molar-refractivity contribution < 1.29 is 0 Å². The minimum atomic E-state index is 0.566. The zero-order valence-corrected chi connectivity index (χ0v) is 105.